The molecule has 0 unspecified atom stereocenters. The summed E-state index contributed by atoms with van der Waals surface area (Å²) in [5.41, 5.74) is 6.00. The molecule has 0 atom stereocenters. The standard InChI is InChI=1S/C22H19N5O/c28-22(21-17-27(25-23-21)20-14-8-3-9-15-20)24-26(19-12-6-2-7-13-19)16-18-10-4-1-5-11-18/h1-15,17H,16H2,(H,24,28). The summed E-state index contributed by atoms with van der Waals surface area (Å²) in [6.45, 7) is 0.531. The monoisotopic (exact) mass is 369 g/mol. The Bertz CT molecular complexity index is 1030. The largest absolute Gasteiger partial charge is 0.291 e. The van der Waals surface area contributed by atoms with Crippen molar-refractivity contribution in [2.24, 2.45) is 0 Å². The number of rotatable bonds is 6. The molecule has 4 aromatic rings. The third-order valence-corrected chi connectivity index (χ3v) is 4.23. The second-order valence-electron chi connectivity index (χ2n) is 6.23. The number of carbonyl (C=O) groups is 1. The number of carbonyl (C=O) groups excluding carboxylic acids is 1. The van der Waals surface area contributed by atoms with Crippen LogP contribution in [-0.4, -0.2) is 20.9 Å². The number of hydrogen-bond acceptors (Lipinski definition) is 4. The zero-order chi connectivity index (χ0) is 19.2. The lowest BCUT2D eigenvalue weighted by Crippen LogP contribution is -2.42. The fourth-order valence-electron chi connectivity index (χ4n) is 2.82. The van der Waals surface area contributed by atoms with E-state index in [9.17, 15) is 4.79 Å². The molecule has 6 nitrogen and oxygen atoms in total. The number of benzene rings is 3. The molecule has 0 saturated carbocycles. The molecule has 0 bridgehead atoms. The van der Waals surface area contributed by atoms with Crippen LogP contribution in [0.3, 0.4) is 0 Å². The van der Waals surface area contributed by atoms with Crippen LogP contribution >= 0.6 is 0 Å². The third-order valence-electron chi connectivity index (χ3n) is 4.23. The Labute approximate surface area is 163 Å². The Morgan fingerprint density at radius 1 is 0.857 bits per heavy atom. The molecule has 28 heavy (non-hydrogen) atoms. The van der Waals surface area contributed by atoms with Gasteiger partial charge in [-0.25, -0.2) is 4.68 Å². The molecular formula is C22H19N5O. The Kier molecular flexibility index (Phi) is 5.11. The van der Waals surface area contributed by atoms with E-state index >= 15 is 0 Å². The molecule has 1 aromatic heterocycles. The van der Waals surface area contributed by atoms with Gasteiger partial charge in [0.1, 0.15) is 0 Å². The van der Waals surface area contributed by atoms with Crippen molar-refractivity contribution < 1.29 is 4.79 Å². The van der Waals surface area contributed by atoms with E-state index in [2.05, 4.69) is 15.7 Å². The predicted octanol–water partition coefficient (Wildman–Crippen LogP) is 3.62. The summed E-state index contributed by atoms with van der Waals surface area (Å²) in [7, 11) is 0. The highest BCUT2D eigenvalue weighted by molar-refractivity contribution is 5.93. The van der Waals surface area contributed by atoms with Gasteiger partial charge in [0.25, 0.3) is 5.91 Å². The smallest absolute Gasteiger partial charge is 0.281 e. The Balaban J connectivity index is 1.55. The topological polar surface area (TPSA) is 63.1 Å². The lowest BCUT2D eigenvalue weighted by Gasteiger charge is -2.25. The van der Waals surface area contributed by atoms with Crippen molar-refractivity contribution in [3.05, 3.63) is 108 Å². The lowest BCUT2D eigenvalue weighted by molar-refractivity contribution is 0.0943. The van der Waals surface area contributed by atoms with E-state index in [1.807, 2.05) is 91.0 Å². The summed E-state index contributed by atoms with van der Waals surface area (Å²) in [6.07, 6.45) is 1.62. The molecular weight excluding hydrogens is 350 g/mol. The van der Waals surface area contributed by atoms with Crippen LogP contribution in [0.4, 0.5) is 5.69 Å². The molecule has 1 amide bonds. The van der Waals surface area contributed by atoms with Crippen LogP contribution in [0, 0.1) is 0 Å². The average molecular weight is 369 g/mol. The summed E-state index contributed by atoms with van der Waals surface area (Å²) in [6, 6.07) is 29.2. The van der Waals surface area contributed by atoms with Crippen molar-refractivity contribution in [1.82, 2.24) is 20.4 Å². The Morgan fingerprint density at radius 2 is 1.46 bits per heavy atom. The van der Waals surface area contributed by atoms with Crippen molar-refractivity contribution in [3.8, 4) is 5.69 Å². The molecule has 0 aliphatic rings. The van der Waals surface area contributed by atoms with E-state index in [1.165, 1.54) is 0 Å². The Hall–Kier alpha value is -3.93. The van der Waals surface area contributed by atoms with E-state index in [0.29, 0.717) is 6.54 Å². The minimum atomic E-state index is -0.318. The van der Waals surface area contributed by atoms with Crippen LogP contribution in [0.5, 0.6) is 0 Å². The van der Waals surface area contributed by atoms with Gasteiger partial charge in [0, 0.05) is 0 Å². The van der Waals surface area contributed by atoms with Crippen molar-refractivity contribution in [2.45, 2.75) is 6.54 Å². The number of nitrogens with one attached hydrogen (secondary N) is 1. The maximum absolute atomic E-state index is 12.8. The number of amides is 1. The van der Waals surface area contributed by atoms with Crippen molar-refractivity contribution in [1.29, 1.82) is 0 Å². The summed E-state index contributed by atoms with van der Waals surface area (Å²) in [4.78, 5) is 12.8. The van der Waals surface area contributed by atoms with Gasteiger partial charge in [0.2, 0.25) is 0 Å². The lowest BCUT2D eigenvalue weighted by atomic mass is 10.2. The second kappa shape index (κ2) is 8.18. The highest BCUT2D eigenvalue weighted by Crippen LogP contribution is 2.15. The molecule has 6 heteroatoms. The molecule has 3 aromatic carbocycles. The van der Waals surface area contributed by atoms with Gasteiger partial charge in [-0.2, -0.15) is 0 Å². The molecule has 138 valence electrons. The van der Waals surface area contributed by atoms with Crippen LogP contribution in [0.25, 0.3) is 5.69 Å². The number of para-hydroxylation sites is 2. The molecule has 0 fully saturated rings. The van der Waals surface area contributed by atoms with Gasteiger partial charge in [-0.1, -0.05) is 71.9 Å². The maximum atomic E-state index is 12.8. The normalized spacial score (nSPS) is 10.4. The van der Waals surface area contributed by atoms with Gasteiger partial charge in [0.15, 0.2) is 5.69 Å². The number of nitrogens with zero attached hydrogens (tertiary/aromatic N) is 4. The van der Waals surface area contributed by atoms with Crippen LogP contribution in [0.2, 0.25) is 0 Å². The number of aromatic nitrogens is 3. The van der Waals surface area contributed by atoms with Crippen molar-refractivity contribution in [2.75, 3.05) is 5.01 Å². The van der Waals surface area contributed by atoms with Crippen LogP contribution in [-0.2, 0) is 6.54 Å². The highest BCUT2D eigenvalue weighted by Gasteiger charge is 2.16. The molecule has 0 spiro atoms. The summed E-state index contributed by atoms with van der Waals surface area (Å²) < 4.78 is 1.58. The summed E-state index contributed by atoms with van der Waals surface area (Å²) in [5.74, 6) is -0.318. The number of hydrogen-bond donors (Lipinski definition) is 1. The van der Waals surface area contributed by atoms with Gasteiger partial charge in [0.05, 0.1) is 24.1 Å². The molecule has 0 aliphatic heterocycles. The van der Waals surface area contributed by atoms with Gasteiger partial charge in [-0.3, -0.25) is 15.2 Å². The van der Waals surface area contributed by atoms with Gasteiger partial charge < -0.3 is 0 Å². The van der Waals surface area contributed by atoms with Gasteiger partial charge in [-0.05, 0) is 29.8 Å². The minimum Gasteiger partial charge on any atom is -0.281 e. The minimum absolute atomic E-state index is 0.248. The molecule has 0 aliphatic carbocycles. The first kappa shape index (κ1) is 17.5. The van der Waals surface area contributed by atoms with Crippen LogP contribution in [0.15, 0.2) is 97.2 Å². The molecule has 0 radical (unpaired) electrons. The first-order valence-corrected chi connectivity index (χ1v) is 8.95. The SMILES string of the molecule is O=C(NN(Cc1ccccc1)c1ccccc1)c1cn(-c2ccccc2)nn1. The van der Waals surface area contributed by atoms with Gasteiger partial charge >= 0.3 is 0 Å². The van der Waals surface area contributed by atoms with E-state index in [1.54, 1.807) is 15.9 Å². The Morgan fingerprint density at radius 3 is 2.14 bits per heavy atom. The second-order valence-corrected chi connectivity index (χ2v) is 6.23. The van der Waals surface area contributed by atoms with E-state index in [-0.39, 0.29) is 11.6 Å². The first-order valence-electron chi connectivity index (χ1n) is 8.95. The molecule has 4 rings (SSSR count). The fraction of sp³-hybridized carbons (Fsp3) is 0.0455. The van der Waals surface area contributed by atoms with E-state index < -0.39 is 0 Å². The molecule has 1 N–H and O–H groups in total. The van der Waals surface area contributed by atoms with Crippen LogP contribution < -0.4 is 10.4 Å². The van der Waals surface area contributed by atoms with Crippen molar-refractivity contribution in [3.63, 3.8) is 0 Å². The number of anilines is 1. The van der Waals surface area contributed by atoms with Gasteiger partial charge in [-0.15, -0.1) is 5.10 Å². The van der Waals surface area contributed by atoms with Crippen LogP contribution in [0.1, 0.15) is 16.1 Å². The zero-order valence-electron chi connectivity index (χ0n) is 15.1. The van der Waals surface area contributed by atoms with E-state index in [4.69, 9.17) is 0 Å². The third kappa shape index (κ3) is 4.07. The maximum Gasteiger partial charge on any atom is 0.291 e. The molecule has 0 saturated heterocycles. The fourth-order valence-corrected chi connectivity index (χ4v) is 2.82. The van der Waals surface area contributed by atoms with Crippen molar-refractivity contribution >= 4 is 11.6 Å². The summed E-state index contributed by atoms with van der Waals surface area (Å²) >= 11 is 0. The summed E-state index contributed by atoms with van der Waals surface area (Å²) in [5, 5.41) is 9.88. The zero-order valence-corrected chi connectivity index (χ0v) is 15.1. The predicted molar refractivity (Wildman–Crippen MR) is 108 cm³/mol. The average Bonchev–Trinajstić information content (AvgIpc) is 3.26. The highest BCUT2D eigenvalue weighted by atomic mass is 16.2. The quantitative estimate of drug-likeness (QED) is 0.527. The number of hydrazine groups is 1. The van der Waals surface area contributed by atoms with E-state index in [0.717, 1.165) is 16.9 Å². The molecule has 1 heterocycles. The first-order chi connectivity index (χ1) is 13.8.